The Hall–Kier alpha value is -1.73. The van der Waals surface area contributed by atoms with Crippen LogP contribution in [-0.4, -0.2) is 21.9 Å². The van der Waals surface area contributed by atoms with Crippen LogP contribution in [0.1, 0.15) is 58.5 Å². The van der Waals surface area contributed by atoms with Gasteiger partial charge in [0.15, 0.2) is 0 Å². The summed E-state index contributed by atoms with van der Waals surface area (Å²) >= 11 is 7.58. The second-order valence-corrected chi connectivity index (χ2v) is 8.95. The van der Waals surface area contributed by atoms with E-state index in [-0.39, 0.29) is 0 Å². The van der Waals surface area contributed by atoms with Crippen LogP contribution < -0.4 is 5.32 Å². The van der Waals surface area contributed by atoms with Crippen LogP contribution >= 0.6 is 23.4 Å². The van der Waals surface area contributed by atoms with E-state index < -0.39 is 17.7 Å². The number of halogens is 1. The van der Waals surface area contributed by atoms with Gasteiger partial charge in [0.05, 0.1) is 0 Å². The molecule has 0 aliphatic heterocycles. The average molecular weight is 412 g/mol. The maximum absolute atomic E-state index is 12.1. The van der Waals surface area contributed by atoms with Gasteiger partial charge in [0.2, 0.25) is 5.89 Å². The summed E-state index contributed by atoms with van der Waals surface area (Å²) in [6.07, 6.45) is 0.160. The number of ether oxygens (including phenoxy) is 1. The van der Waals surface area contributed by atoms with E-state index in [4.69, 9.17) is 20.8 Å². The Labute approximate surface area is 169 Å². The van der Waals surface area contributed by atoms with E-state index in [0.29, 0.717) is 34.2 Å². The van der Waals surface area contributed by atoms with Gasteiger partial charge in [-0.05, 0) is 44.7 Å². The van der Waals surface area contributed by atoms with Crippen molar-refractivity contribution in [3.63, 3.8) is 0 Å². The Balaban J connectivity index is 2.04. The molecule has 27 heavy (non-hydrogen) atoms. The Morgan fingerprint density at radius 3 is 2.63 bits per heavy atom. The molecule has 1 aromatic heterocycles. The van der Waals surface area contributed by atoms with Gasteiger partial charge in [-0.3, -0.25) is 0 Å². The van der Waals surface area contributed by atoms with Gasteiger partial charge < -0.3 is 14.5 Å². The van der Waals surface area contributed by atoms with E-state index in [1.54, 1.807) is 0 Å². The number of rotatable bonds is 7. The van der Waals surface area contributed by atoms with Gasteiger partial charge in [-0.25, -0.2) is 4.79 Å². The van der Waals surface area contributed by atoms with Gasteiger partial charge in [-0.15, -0.1) is 10.2 Å². The molecule has 1 heterocycles. The molecule has 0 spiro atoms. The predicted molar refractivity (Wildman–Crippen MR) is 107 cm³/mol. The molecule has 8 heteroatoms. The third-order valence-corrected chi connectivity index (χ3v) is 4.66. The van der Waals surface area contributed by atoms with Crippen LogP contribution in [0.5, 0.6) is 0 Å². The standard InChI is InChI=1S/C19H26ClN3O3S/c1-12(2)10-15(21-17(24)26-19(3,4)5)16-22-23-18(25-16)27-11-13-8-6-7-9-14(13)20/h6-9,12,15H,10-11H2,1-5H3,(H,21,24)/t15-/m1/s1. The Bertz CT molecular complexity index is 759. The SMILES string of the molecule is CC(C)C[C@@H](NC(=O)OC(C)(C)C)c1nnc(SCc2ccccc2Cl)o1. The lowest BCUT2D eigenvalue weighted by atomic mass is 10.0. The fourth-order valence-corrected chi connectivity index (χ4v) is 3.37. The van der Waals surface area contributed by atoms with Crippen LogP contribution in [0.3, 0.4) is 0 Å². The van der Waals surface area contributed by atoms with Crippen LogP contribution in [-0.2, 0) is 10.5 Å². The zero-order chi connectivity index (χ0) is 20.0. The summed E-state index contributed by atoms with van der Waals surface area (Å²) in [5.74, 6) is 1.32. The Morgan fingerprint density at radius 2 is 2.00 bits per heavy atom. The maximum atomic E-state index is 12.1. The summed E-state index contributed by atoms with van der Waals surface area (Å²) in [6.45, 7) is 9.58. The van der Waals surface area contributed by atoms with Crippen molar-refractivity contribution >= 4 is 29.5 Å². The summed E-state index contributed by atoms with van der Waals surface area (Å²) in [6, 6.07) is 7.23. The lowest BCUT2D eigenvalue weighted by Gasteiger charge is -2.22. The summed E-state index contributed by atoms with van der Waals surface area (Å²) < 4.78 is 11.1. The first-order chi connectivity index (χ1) is 12.6. The molecule has 0 saturated carbocycles. The molecule has 0 aliphatic carbocycles. The highest BCUT2D eigenvalue weighted by atomic mass is 35.5. The van der Waals surface area contributed by atoms with E-state index in [9.17, 15) is 4.79 Å². The number of benzene rings is 1. The van der Waals surface area contributed by atoms with Gasteiger partial charge in [-0.2, -0.15) is 0 Å². The number of thioether (sulfide) groups is 1. The van der Waals surface area contributed by atoms with Crippen LogP contribution in [0.4, 0.5) is 4.79 Å². The van der Waals surface area contributed by atoms with Crippen molar-refractivity contribution in [2.45, 2.75) is 63.7 Å². The number of hydrogen-bond donors (Lipinski definition) is 1. The quantitative estimate of drug-likeness (QED) is 0.595. The van der Waals surface area contributed by atoms with Gasteiger partial charge in [0.1, 0.15) is 11.6 Å². The van der Waals surface area contributed by atoms with E-state index in [2.05, 4.69) is 29.4 Å². The summed E-state index contributed by atoms with van der Waals surface area (Å²) in [5, 5.41) is 12.2. The monoisotopic (exact) mass is 411 g/mol. The van der Waals surface area contributed by atoms with Crippen molar-refractivity contribution in [3.05, 3.63) is 40.7 Å². The van der Waals surface area contributed by atoms with E-state index >= 15 is 0 Å². The molecule has 2 aromatic rings. The molecule has 1 amide bonds. The molecule has 0 saturated heterocycles. The molecule has 1 N–H and O–H groups in total. The highest BCUT2D eigenvalue weighted by Gasteiger charge is 2.25. The largest absolute Gasteiger partial charge is 0.444 e. The fraction of sp³-hybridized carbons (Fsp3) is 0.526. The molecule has 0 radical (unpaired) electrons. The van der Waals surface area contributed by atoms with Crippen LogP contribution in [0.15, 0.2) is 33.9 Å². The molecule has 0 aliphatic rings. The first-order valence-electron chi connectivity index (χ1n) is 8.83. The van der Waals surface area contributed by atoms with Crippen LogP contribution in [0.2, 0.25) is 5.02 Å². The fourth-order valence-electron chi connectivity index (χ4n) is 2.32. The third kappa shape index (κ3) is 7.42. The van der Waals surface area contributed by atoms with Gasteiger partial charge in [0.25, 0.3) is 5.22 Å². The number of nitrogens with one attached hydrogen (secondary N) is 1. The molecule has 6 nitrogen and oxygen atoms in total. The van der Waals surface area contributed by atoms with Crippen molar-refractivity contribution < 1.29 is 13.9 Å². The minimum atomic E-state index is -0.572. The van der Waals surface area contributed by atoms with E-state index in [1.807, 2.05) is 45.0 Å². The maximum Gasteiger partial charge on any atom is 0.408 e. The number of carbonyl (C=O) groups is 1. The number of alkyl carbamates (subject to hydrolysis) is 1. The normalized spacial score (nSPS) is 12.9. The number of nitrogens with zero attached hydrogens (tertiary/aromatic N) is 2. The molecule has 1 atom stereocenters. The Morgan fingerprint density at radius 1 is 1.30 bits per heavy atom. The topological polar surface area (TPSA) is 77.2 Å². The molecule has 2 rings (SSSR count). The molecule has 0 bridgehead atoms. The predicted octanol–water partition coefficient (Wildman–Crippen LogP) is 5.63. The van der Waals surface area contributed by atoms with Gasteiger partial charge >= 0.3 is 6.09 Å². The minimum Gasteiger partial charge on any atom is -0.444 e. The Kier molecular flexibility index (Phi) is 7.56. The molecule has 148 valence electrons. The van der Waals surface area contributed by atoms with Crippen LogP contribution in [0.25, 0.3) is 0 Å². The number of carbonyl (C=O) groups excluding carboxylic acids is 1. The van der Waals surface area contributed by atoms with Crippen molar-refractivity contribution in [1.29, 1.82) is 0 Å². The highest BCUT2D eigenvalue weighted by molar-refractivity contribution is 7.98. The van der Waals surface area contributed by atoms with Crippen LogP contribution in [0, 0.1) is 5.92 Å². The lowest BCUT2D eigenvalue weighted by molar-refractivity contribution is 0.0487. The van der Waals surface area contributed by atoms with Crippen molar-refractivity contribution in [1.82, 2.24) is 15.5 Å². The zero-order valence-electron chi connectivity index (χ0n) is 16.3. The van der Waals surface area contributed by atoms with Crippen molar-refractivity contribution in [2.75, 3.05) is 0 Å². The lowest BCUT2D eigenvalue weighted by Crippen LogP contribution is -2.35. The summed E-state index contributed by atoms with van der Waals surface area (Å²) in [7, 11) is 0. The van der Waals surface area contributed by atoms with E-state index in [1.165, 1.54) is 11.8 Å². The first kappa shape index (κ1) is 21.6. The molecule has 0 fully saturated rings. The van der Waals surface area contributed by atoms with Gasteiger partial charge in [0, 0.05) is 10.8 Å². The summed E-state index contributed by atoms with van der Waals surface area (Å²) in [5.41, 5.74) is 0.423. The minimum absolute atomic E-state index is 0.330. The molecule has 0 unspecified atom stereocenters. The van der Waals surface area contributed by atoms with Crippen molar-refractivity contribution in [2.24, 2.45) is 5.92 Å². The molecular formula is C19H26ClN3O3S. The number of amides is 1. The van der Waals surface area contributed by atoms with Crippen molar-refractivity contribution in [3.8, 4) is 0 Å². The number of hydrogen-bond acceptors (Lipinski definition) is 6. The third-order valence-electron chi connectivity index (χ3n) is 3.43. The average Bonchev–Trinajstić information content (AvgIpc) is 3.00. The smallest absolute Gasteiger partial charge is 0.408 e. The molecular weight excluding hydrogens is 386 g/mol. The van der Waals surface area contributed by atoms with E-state index in [0.717, 1.165) is 5.56 Å². The summed E-state index contributed by atoms with van der Waals surface area (Å²) in [4.78, 5) is 12.1. The van der Waals surface area contributed by atoms with Gasteiger partial charge in [-0.1, -0.05) is 55.4 Å². The highest BCUT2D eigenvalue weighted by Crippen LogP contribution is 2.28. The zero-order valence-corrected chi connectivity index (χ0v) is 17.9. The molecule has 1 aromatic carbocycles. The second kappa shape index (κ2) is 9.46. The number of aromatic nitrogens is 2. The second-order valence-electron chi connectivity index (χ2n) is 7.61. The first-order valence-corrected chi connectivity index (χ1v) is 10.2.